The lowest BCUT2D eigenvalue weighted by Crippen LogP contribution is -2.15. The third-order valence-electron chi connectivity index (χ3n) is 2.80. The van der Waals surface area contributed by atoms with Crippen LogP contribution in [0.2, 0.25) is 0 Å². The Balaban J connectivity index is 2.29. The summed E-state index contributed by atoms with van der Waals surface area (Å²) in [6, 6.07) is 7.26. The third kappa shape index (κ3) is 3.12. The Morgan fingerprint density at radius 3 is 2.55 bits per heavy atom. The molecular formula is C15H17N3O2. The van der Waals surface area contributed by atoms with Crippen LogP contribution in [0.15, 0.2) is 24.3 Å². The Hall–Kier alpha value is -2.43. The maximum Gasteiger partial charge on any atom is 0.274 e. The first-order valence-electron chi connectivity index (χ1n) is 6.28. The van der Waals surface area contributed by atoms with Gasteiger partial charge in [0.25, 0.3) is 5.91 Å². The number of aromatic nitrogens is 2. The second-order valence-electron chi connectivity index (χ2n) is 4.60. The largest absolute Gasteiger partial charge is 0.495 e. The Morgan fingerprint density at radius 2 is 1.90 bits per heavy atom. The molecule has 1 aromatic carbocycles. The summed E-state index contributed by atoms with van der Waals surface area (Å²) in [5.41, 5.74) is 2.78. The topological polar surface area (TPSA) is 64.1 Å². The lowest BCUT2D eigenvalue weighted by atomic mass is 10.2. The van der Waals surface area contributed by atoms with E-state index in [0.717, 1.165) is 11.3 Å². The average Bonchev–Trinajstić information content (AvgIpc) is 2.37. The number of methoxy groups -OCH3 is 1. The van der Waals surface area contributed by atoms with Crippen molar-refractivity contribution in [2.75, 3.05) is 12.4 Å². The van der Waals surface area contributed by atoms with E-state index in [-0.39, 0.29) is 5.91 Å². The quantitative estimate of drug-likeness (QED) is 0.932. The van der Waals surface area contributed by atoms with Crippen LogP contribution in [0.3, 0.4) is 0 Å². The van der Waals surface area contributed by atoms with Gasteiger partial charge in [0.2, 0.25) is 0 Å². The number of aryl methyl sites for hydroxylation is 3. The monoisotopic (exact) mass is 271 g/mol. The van der Waals surface area contributed by atoms with Crippen molar-refractivity contribution >= 4 is 11.6 Å². The molecule has 0 saturated carbocycles. The van der Waals surface area contributed by atoms with Crippen LogP contribution in [0.1, 0.15) is 27.6 Å². The first-order chi connectivity index (χ1) is 9.49. The molecule has 5 heteroatoms. The number of hydrogen-bond acceptors (Lipinski definition) is 4. The van der Waals surface area contributed by atoms with Crippen LogP contribution in [0.5, 0.6) is 5.75 Å². The summed E-state index contributed by atoms with van der Waals surface area (Å²) in [6.45, 7) is 5.55. The second-order valence-corrected chi connectivity index (χ2v) is 4.60. The minimum Gasteiger partial charge on any atom is -0.495 e. The van der Waals surface area contributed by atoms with Crippen LogP contribution in [-0.2, 0) is 0 Å². The molecule has 0 atom stereocenters. The smallest absolute Gasteiger partial charge is 0.274 e. The summed E-state index contributed by atoms with van der Waals surface area (Å²) in [5.74, 6) is 0.917. The van der Waals surface area contributed by atoms with E-state index in [1.165, 1.54) is 0 Å². The van der Waals surface area contributed by atoms with Crippen molar-refractivity contribution < 1.29 is 9.53 Å². The average molecular weight is 271 g/mol. The standard InChI is InChI=1S/C15H17N3O2/c1-9-5-6-14(20-4)12(7-9)18-15(19)13-8-10(2)16-11(3)17-13/h5-8H,1-4H3,(H,18,19). The zero-order valence-corrected chi connectivity index (χ0v) is 12.0. The van der Waals surface area contributed by atoms with Crippen molar-refractivity contribution in [1.29, 1.82) is 0 Å². The molecule has 1 N–H and O–H groups in total. The zero-order valence-electron chi connectivity index (χ0n) is 12.0. The molecule has 0 bridgehead atoms. The number of hydrogen-bond donors (Lipinski definition) is 1. The Kier molecular flexibility index (Phi) is 3.98. The van der Waals surface area contributed by atoms with Gasteiger partial charge in [0, 0.05) is 5.69 Å². The normalized spacial score (nSPS) is 10.2. The van der Waals surface area contributed by atoms with Gasteiger partial charge in [-0.1, -0.05) is 6.07 Å². The molecule has 0 aliphatic rings. The molecule has 2 aromatic rings. The molecule has 104 valence electrons. The summed E-state index contributed by atoms with van der Waals surface area (Å²) in [7, 11) is 1.57. The number of carbonyl (C=O) groups is 1. The van der Waals surface area contributed by atoms with Gasteiger partial charge in [-0.05, 0) is 44.5 Å². The Bertz CT molecular complexity index is 633. The van der Waals surface area contributed by atoms with E-state index in [2.05, 4.69) is 15.3 Å². The molecule has 1 amide bonds. The highest BCUT2D eigenvalue weighted by molar-refractivity contribution is 6.03. The van der Waals surface area contributed by atoms with Crippen molar-refractivity contribution in [3.8, 4) is 5.75 Å². The third-order valence-corrected chi connectivity index (χ3v) is 2.80. The minimum absolute atomic E-state index is 0.275. The second kappa shape index (κ2) is 5.69. The number of rotatable bonds is 3. The van der Waals surface area contributed by atoms with E-state index in [4.69, 9.17) is 4.74 Å². The van der Waals surface area contributed by atoms with Crippen molar-refractivity contribution in [3.05, 3.63) is 47.0 Å². The predicted molar refractivity (Wildman–Crippen MR) is 77.2 cm³/mol. The minimum atomic E-state index is -0.275. The Labute approximate surface area is 118 Å². The van der Waals surface area contributed by atoms with Crippen molar-refractivity contribution in [2.45, 2.75) is 20.8 Å². The summed E-state index contributed by atoms with van der Waals surface area (Å²) in [6.07, 6.45) is 0. The molecule has 1 heterocycles. The lowest BCUT2D eigenvalue weighted by Gasteiger charge is -2.11. The number of nitrogens with zero attached hydrogens (tertiary/aromatic N) is 2. The number of ether oxygens (including phenoxy) is 1. The summed E-state index contributed by atoms with van der Waals surface area (Å²) in [4.78, 5) is 20.5. The van der Waals surface area contributed by atoms with E-state index < -0.39 is 0 Å². The molecule has 1 aromatic heterocycles. The molecule has 0 aliphatic carbocycles. The van der Waals surface area contributed by atoms with Crippen LogP contribution in [-0.4, -0.2) is 23.0 Å². The van der Waals surface area contributed by atoms with Gasteiger partial charge in [-0.25, -0.2) is 9.97 Å². The highest BCUT2D eigenvalue weighted by atomic mass is 16.5. The van der Waals surface area contributed by atoms with E-state index in [1.54, 1.807) is 20.1 Å². The van der Waals surface area contributed by atoms with Crippen LogP contribution in [0, 0.1) is 20.8 Å². The van der Waals surface area contributed by atoms with Gasteiger partial charge in [0.05, 0.1) is 12.8 Å². The fraction of sp³-hybridized carbons (Fsp3) is 0.267. The highest BCUT2D eigenvalue weighted by Crippen LogP contribution is 2.25. The lowest BCUT2D eigenvalue weighted by molar-refractivity contribution is 0.102. The van der Waals surface area contributed by atoms with Gasteiger partial charge >= 0.3 is 0 Å². The molecule has 0 radical (unpaired) electrons. The first-order valence-corrected chi connectivity index (χ1v) is 6.28. The van der Waals surface area contributed by atoms with Gasteiger partial charge in [0.15, 0.2) is 0 Å². The molecule has 0 unspecified atom stereocenters. The van der Waals surface area contributed by atoms with Crippen LogP contribution < -0.4 is 10.1 Å². The van der Waals surface area contributed by atoms with Crippen LogP contribution >= 0.6 is 0 Å². The Morgan fingerprint density at radius 1 is 1.15 bits per heavy atom. The fourth-order valence-corrected chi connectivity index (χ4v) is 1.94. The maximum atomic E-state index is 12.2. The molecule has 0 spiro atoms. The number of anilines is 1. The maximum absolute atomic E-state index is 12.2. The summed E-state index contributed by atoms with van der Waals surface area (Å²) in [5, 5.41) is 2.82. The van der Waals surface area contributed by atoms with E-state index in [1.807, 2.05) is 32.0 Å². The van der Waals surface area contributed by atoms with E-state index in [9.17, 15) is 4.79 Å². The molecule has 2 rings (SSSR count). The van der Waals surface area contributed by atoms with Crippen LogP contribution in [0.4, 0.5) is 5.69 Å². The number of nitrogens with one attached hydrogen (secondary N) is 1. The predicted octanol–water partition coefficient (Wildman–Crippen LogP) is 2.66. The SMILES string of the molecule is COc1ccc(C)cc1NC(=O)c1cc(C)nc(C)n1. The zero-order chi connectivity index (χ0) is 14.7. The van der Waals surface area contributed by atoms with Gasteiger partial charge in [-0.15, -0.1) is 0 Å². The van der Waals surface area contributed by atoms with E-state index in [0.29, 0.717) is 23.0 Å². The van der Waals surface area contributed by atoms with Gasteiger partial charge in [-0.3, -0.25) is 4.79 Å². The fourth-order valence-electron chi connectivity index (χ4n) is 1.94. The van der Waals surface area contributed by atoms with Gasteiger partial charge in [-0.2, -0.15) is 0 Å². The molecule has 20 heavy (non-hydrogen) atoms. The number of carbonyl (C=O) groups excluding carboxylic acids is 1. The molecule has 0 aliphatic heterocycles. The molecule has 5 nitrogen and oxygen atoms in total. The van der Waals surface area contributed by atoms with E-state index >= 15 is 0 Å². The molecule has 0 fully saturated rings. The van der Waals surface area contributed by atoms with Crippen molar-refractivity contribution in [1.82, 2.24) is 9.97 Å². The number of benzene rings is 1. The van der Waals surface area contributed by atoms with Crippen molar-refractivity contribution in [3.63, 3.8) is 0 Å². The van der Waals surface area contributed by atoms with Gasteiger partial charge in [0.1, 0.15) is 17.3 Å². The number of amides is 1. The van der Waals surface area contributed by atoms with Crippen molar-refractivity contribution in [2.24, 2.45) is 0 Å². The molecule has 0 saturated heterocycles. The molecular weight excluding hydrogens is 254 g/mol. The summed E-state index contributed by atoms with van der Waals surface area (Å²) < 4.78 is 5.24. The van der Waals surface area contributed by atoms with Gasteiger partial charge < -0.3 is 10.1 Å². The summed E-state index contributed by atoms with van der Waals surface area (Å²) >= 11 is 0. The first kappa shape index (κ1) is 14.0. The highest BCUT2D eigenvalue weighted by Gasteiger charge is 2.12. The van der Waals surface area contributed by atoms with Crippen LogP contribution in [0.25, 0.3) is 0 Å².